The maximum absolute atomic E-state index is 11.7. The first kappa shape index (κ1) is 13.8. The van der Waals surface area contributed by atoms with Crippen LogP contribution in [0.2, 0.25) is 0 Å². The molecule has 0 aromatic heterocycles. The summed E-state index contributed by atoms with van der Waals surface area (Å²) in [4.78, 5) is 15.6. The number of nitrogens with two attached hydrogens (primary N) is 1. The van der Waals surface area contributed by atoms with E-state index < -0.39 is 0 Å². The standard InChI is InChI=1S/C14H21N3O2/c1-16-5-6-17(10-14(16)18)9-12-7-11(8-15)3-4-13(12)19-2/h3-4,7H,5-6,8-10,15H2,1-2H3. The molecule has 1 saturated heterocycles. The topological polar surface area (TPSA) is 58.8 Å². The van der Waals surface area contributed by atoms with Gasteiger partial charge >= 0.3 is 0 Å². The molecule has 0 bridgehead atoms. The Labute approximate surface area is 113 Å². The molecule has 1 amide bonds. The van der Waals surface area contributed by atoms with Crippen LogP contribution in [-0.2, 0) is 17.9 Å². The summed E-state index contributed by atoms with van der Waals surface area (Å²) in [5.74, 6) is 1.02. The minimum Gasteiger partial charge on any atom is -0.496 e. The molecule has 1 fully saturated rings. The first-order chi connectivity index (χ1) is 9.13. The van der Waals surface area contributed by atoms with Crippen LogP contribution in [0, 0.1) is 0 Å². The van der Waals surface area contributed by atoms with Crippen molar-refractivity contribution < 1.29 is 9.53 Å². The molecule has 2 rings (SSSR count). The van der Waals surface area contributed by atoms with Gasteiger partial charge in [-0.25, -0.2) is 0 Å². The lowest BCUT2D eigenvalue weighted by Crippen LogP contribution is -2.48. The van der Waals surface area contributed by atoms with Gasteiger partial charge in [-0.3, -0.25) is 9.69 Å². The third-order valence-corrected chi connectivity index (χ3v) is 3.51. The summed E-state index contributed by atoms with van der Waals surface area (Å²) in [5, 5.41) is 0. The predicted octanol–water partition coefficient (Wildman–Crippen LogP) is 0.428. The van der Waals surface area contributed by atoms with E-state index in [4.69, 9.17) is 10.5 Å². The van der Waals surface area contributed by atoms with Gasteiger partial charge < -0.3 is 15.4 Å². The van der Waals surface area contributed by atoms with Crippen molar-refractivity contribution in [3.8, 4) is 5.75 Å². The van der Waals surface area contributed by atoms with Gasteiger partial charge in [0.1, 0.15) is 5.75 Å². The Morgan fingerprint density at radius 3 is 2.79 bits per heavy atom. The van der Waals surface area contributed by atoms with E-state index in [1.54, 1.807) is 12.0 Å². The molecule has 0 unspecified atom stereocenters. The zero-order valence-corrected chi connectivity index (χ0v) is 11.6. The highest BCUT2D eigenvalue weighted by Gasteiger charge is 2.21. The Morgan fingerprint density at radius 2 is 2.16 bits per heavy atom. The number of ether oxygens (including phenoxy) is 1. The van der Waals surface area contributed by atoms with Gasteiger partial charge in [-0.05, 0) is 17.7 Å². The highest BCUT2D eigenvalue weighted by Crippen LogP contribution is 2.22. The van der Waals surface area contributed by atoms with Crippen LogP contribution in [0.5, 0.6) is 5.75 Å². The molecule has 1 aliphatic heterocycles. The molecule has 0 spiro atoms. The summed E-state index contributed by atoms with van der Waals surface area (Å²) in [6, 6.07) is 5.97. The van der Waals surface area contributed by atoms with Crippen LogP contribution >= 0.6 is 0 Å². The Bertz CT molecular complexity index is 462. The van der Waals surface area contributed by atoms with Gasteiger partial charge in [0, 0.05) is 38.8 Å². The largest absolute Gasteiger partial charge is 0.496 e. The average molecular weight is 263 g/mol. The molecular formula is C14H21N3O2. The number of hydrogen-bond donors (Lipinski definition) is 1. The predicted molar refractivity (Wildman–Crippen MR) is 73.8 cm³/mol. The van der Waals surface area contributed by atoms with Crippen LogP contribution in [0.15, 0.2) is 18.2 Å². The van der Waals surface area contributed by atoms with E-state index in [1.807, 2.05) is 19.2 Å². The summed E-state index contributed by atoms with van der Waals surface area (Å²) < 4.78 is 5.37. The van der Waals surface area contributed by atoms with Gasteiger partial charge in [0.15, 0.2) is 0 Å². The number of rotatable bonds is 4. The molecule has 1 aromatic carbocycles. The molecule has 104 valence electrons. The number of likely N-dealkylation sites (N-methyl/N-ethyl adjacent to an activating group) is 1. The highest BCUT2D eigenvalue weighted by molar-refractivity contribution is 5.78. The Morgan fingerprint density at radius 1 is 1.37 bits per heavy atom. The van der Waals surface area contributed by atoms with Gasteiger partial charge in [-0.1, -0.05) is 6.07 Å². The second-order valence-corrected chi connectivity index (χ2v) is 4.88. The smallest absolute Gasteiger partial charge is 0.236 e. The van der Waals surface area contributed by atoms with Gasteiger partial charge in [-0.15, -0.1) is 0 Å². The lowest BCUT2D eigenvalue weighted by Gasteiger charge is -2.32. The van der Waals surface area contributed by atoms with Crippen molar-refractivity contribution in [1.82, 2.24) is 9.80 Å². The maximum Gasteiger partial charge on any atom is 0.236 e. The van der Waals surface area contributed by atoms with Crippen molar-refractivity contribution in [3.63, 3.8) is 0 Å². The number of methoxy groups -OCH3 is 1. The maximum atomic E-state index is 11.7. The number of hydrogen-bond acceptors (Lipinski definition) is 4. The molecule has 0 radical (unpaired) electrons. The SMILES string of the molecule is COc1ccc(CN)cc1CN1CCN(C)C(=O)C1. The first-order valence-corrected chi connectivity index (χ1v) is 6.46. The summed E-state index contributed by atoms with van der Waals surface area (Å²) in [6.07, 6.45) is 0. The number of carbonyl (C=O) groups is 1. The van der Waals surface area contributed by atoms with E-state index >= 15 is 0 Å². The van der Waals surface area contributed by atoms with E-state index in [1.165, 1.54) is 0 Å². The van der Waals surface area contributed by atoms with Crippen molar-refractivity contribution in [2.45, 2.75) is 13.1 Å². The number of carbonyl (C=O) groups excluding carboxylic acids is 1. The Kier molecular flexibility index (Phi) is 4.39. The van der Waals surface area contributed by atoms with Crippen LogP contribution in [-0.4, -0.2) is 49.5 Å². The summed E-state index contributed by atoms with van der Waals surface area (Å²) in [7, 11) is 3.51. The number of nitrogens with zero attached hydrogens (tertiary/aromatic N) is 2. The fourth-order valence-electron chi connectivity index (χ4n) is 2.27. The number of piperazine rings is 1. The van der Waals surface area contributed by atoms with Crippen molar-refractivity contribution in [2.75, 3.05) is 33.8 Å². The minimum atomic E-state index is 0.167. The van der Waals surface area contributed by atoms with Gasteiger partial charge in [0.05, 0.1) is 13.7 Å². The molecule has 0 atom stereocenters. The summed E-state index contributed by atoms with van der Waals surface area (Å²) in [5.41, 5.74) is 7.83. The Hall–Kier alpha value is -1.59. The lowest BCUT2D eigenvalue weighted by molar-refractivity contribution is -0.134. The fourth-order valence-corrected chi connectivity index (χ4v) is 2.27. The van der Waals surface area contributed by atoms with Gasteiger partial charge in [-0.2, -0.15) is 0 Å². The summed E-state index contributed by atoms with van der Waals surface area (Å²) in [6.45, 7) is 3.36. The Balaban J connectivity index is 2.11. The molecule has 5 nitrogen and oxygen atoms in total. The molecular weight excluding hydrogens is 242 g/mol. The highest BCUT2D eigenvalue weighted by atomic mass is 16.5. The zero-order chi connectivity index (χ0) is 13.8. The molecule has 0 saturated carbocycles. The molecule has 1 heterocycles. The van der Waals surface area contributed by atoms with Crippen LogP contribution in [0.3, 0.4) is 0 Å². The quantitative estimate of drug-likeness (QED) is 0.856. The monoisotopic (exact) mass is 263 g/mol. The fraction of sp³-hybridized carbons (Fsp3) is 0.500. The van der Waals surface area contributed by atoms with E-state index in [-0.39, 0.29) is 5.91 Å². The third kappa shape index (κ3) is 3.24. The van der Waals surface area contributed by atoms with Gasteiger partial charge in [0.25, 0.3) is 0 Å². The summed E-state index contributed by atoms with van der Waals surface area (Å²) >= 11 is 0. The minimum absolute atomic E-state index is 0.167. The van der Waals surface area contributed by atoms with E-state index in [0.29, 0.717) is 13.1 Å². The van der Waals surface area contributed by atoms with Crippen molar-refractivity contribution in [2.24, 2.45) is 5.73 Å². The van der Waals surface area contributed by atoms with E-state index in [2.05, 4.69) is 11.0 Å². The average Bonchev–Trinajstić information content (AvgIpc) is 2.43. The molecule has 19 heavy (non-hydrogen) atoms. The second kappa shape index (κ2) is 6.04. The molecule has 0 aliphatic carbocycles. The van der Waals surface area contributed by atoms with Crippen LogP contribution in [0.1, 0.15) is 11.1 Å². The molecule has 5 heteroatoms. The number of amides is 1. The van der Waals surface area contributed by atoms with Crippen LogP contribution in [0.25, 0.3) is 0 Å². The first-order valence-electron chi connectivity index (χ1n) is 6.46. The second-order valence-electron chi connectivity index (χ2n) is 4.88. The van der Waals surface area contributed by atoms with Gasteiger partial charge in [0.2, 0.25) is 5.91 Å². The zero-order valence-electron chi connectivity index (χ0n) is 11.6. The molecule has 2 N–H and O–H groups in total. The van der Waals surface area contributed by atoms with Crippen LogP contribution in [0.4, 0.5) is 0 Å². The number of benzene rings is 1. The molecule has 1 aliphatic rings. The lowest BCUT2D eigenvalue weighted by atomic mass is 10.1. The van der Waals surface area contributed by atoms with E-state index in [9.17, 15) is 4.79 Å². The molecule has 1 aromatic rings. The normalized spacial score (nSPS) is 16.8. The van der Waals surface area contributed by atoms with Crippen molar-refractivity contribution in [3.05, 3.63) is 29.3 Å². The van der Waals surface area contributed by atoms with Crippen molar-refractivity contribution >= 4 is 5.91 Å². The van der Waals surface area contributed by atoms with Crippen molar-refractivity contribution in [1.29, 1.82) is 0 Å². The van der Waals surface area contributed by atoms with E-state index in [0.717, 1.165) is 36.5 Å². The van der Waals surface area contributed by atoms with Crippen LogP contribution < -0.4 is 10.5 Å². The third-order valence-electron chi connectivity index (χ3n) is 3.51.